The first-order valence-corrected chi connectivity index (χ1v) is 7.90. The van der Waals surface area contributed by atoms with Crippen molar-refractivity contribution in [3.63, 3.8) is 0 Å². The fourth-order valence-corrected chi connectivity index (χ4v) is 2.88. The Labute approximate surface area is 139 Å². The van der Waals surface area contributed by atoms with Crippen LogP contribution in [-0.2, 0) is 0 Å². The zero-order valence-corrected chi connectivity index (χ0v) is 14.1. The summed E-state index contributed by atoms with van der Waals surface area (Å²) in [6.45, 7) is 4.25. The Morgan fingerprint density at radius 1 is 1.17 bits per heavy atom. The second kappa shape index (κ2) is 6.05. The van der Waals surface area contributed by atoms with Crippen molar-refractivity contribution in [1.29, 1.82) is 0 Å². The highest BCUT2D eigenvalue weighted by atomic mass is 35.5. The van der Waals surface area contributed by atoms with E-state index in [4.69, 9.17) is 11.6 Å². The summed E-state index contributed by atoms with van der Waals surface area (Å²) in [7, 11) is 1.76. The maximum atomic E-state index is 12.6. The fourth-order valence-electron chi connectivity index (χ4n) is 2.66. The van der Waals surface area contributed by atoms with Crippen LogP contribution in [0.3, 0.4) is 0 Å². The average Bonchev–Trinajstić information content (AvgIpc) is 2.54. The molecule has 23 heavy (non-hydrogen) atoms. The van der Waals surface area contributed by atoms with E-state index >= 15 is 0 Å². The van der Waals surface area contributed by atoms with E-state index in [-0.39, 0.29) is 5.69 Å². The van der Waals surface area contributed by atoms with Gasteiger partial charge in [-0.1, -0.05) is 43.6 Å². The third-order valence-electron chi connectivity index (χ3n) is 3.91. The van der Waals surface area contributed by atoms with Gasteiger partial charge < -0.3 is 5.32 Å². The number of para-hydroxylation sites is 1. The van der Waals surface area contributed by atoms with E-state index in [0.717, 1.165) is 16.5 Å². The molecule has 0 bridgehead atoms. The lowest BCUT2D eigenvalue weighted by atomic mass is 10.0. The van der Waals surface area contributed by atoms with Crippen LogP contribution in [-0.4, -0.2) is 16.6 Å². The first-order chi connectivity index (χ1) is 11.0. The molecule has 0 atom stereocenters. The Bertz CT molecular complexity index is 931. The number of nitrogens with zero attached hydrogens (tertiary/aromatic N) is 2. The van der Waals surface area contributed by atoms with Crippen LogP contribution < -0.4 is 11.0 Å². The predicted molar refractivity (Wildman–Crippen MR) is 96.0 cm³/mol. The molecule has 1 heterocycles. The Morgan fingerprint density at radius 3 is 2.57 bits per heavy atom. The van der Waals surface area contributed by atoms with Crippen LogP contribution in [0.4, 0.5) is 5.82 Å². The number of hydrogen-bond acceptors (Lipinski definition) is 3. The molecule has 1 aromatic heterocycles. The van der Waals surface area contributed by atoms with Crippen LogP contribution >= 0.6 is 11.6 Å². The molecule has 0 unspecified atom stereocenters. The molecule has 0 aliphatic carbocycles. The van der Waals surface area contributed by atoms with Crippen molar-refractivity contribution in [1.82, 2.24) is 9.55 Å². The van der Waals surface area contributed by atoms with Gasteiger partial charge in [-0.05, 0) is 35.7 Å². The number of halogens is 1. The maximum absolute atomic E-state index is 12.6. The van der Waals surface area contributed by atoms with Gasteiger partial charge in [0, 0.05) is 12.4 Å². The SMILES string of the molecule is CNc1nc(=O)n(-c2ccccc2Cl)c2cc(C(C)C)ccc12. The van der Waals surface area contributed by atoms with Gasteiger partial charge in [-0.25, -0.2) is 4.79 Å². The molecule has 2 aromatic carbocycles. The Kier molecular flexibility index (Phi) is 4.09. The van der Waals surface area contributed by atoms with Gasteiger partial charge in [-0.2, -0.15) is 4.98 Å². The van der Waals surface area contributed by atoms with Crippen LogP contribution in [0.5, 0.6) is 0 Å². The molecule has 3 rings (SSSR count). The van der Waals surface area contributed by atoms with Crippen molar-refractivity contribution in [2.75, 3.05) is 12.4 Å². The van der Waals surface area contributed by atoms with E-state index in [0.29, 0.717) is 22.4 Å². The van der Waals surface area contributed by atoms with Gasteiger partial charge in [0.2, 0.25) is 0 Å². The number of aromatic nitrogens is 2. The third kappa shape index (κ3) is 2.70. The second-order valence-corrected chi connectivity index (χ2v) is 6.12. The number of hydrogen-bond donors (Lipinski definition) is 1. The number of rotatable bonds is 3. The van der Waals surface area contributed by atoms with Crippen molar-refractivity contribution < 1.29 is 0 Å². The van der Waals surface area contributed by atoms with Crippen LogP contribution in [0, 0.1) is 0 Å². The third-order valence-corrected chi connectivity index (χ3v) is 4.23. The summed E-state index contributed by atoms with van der Waals surface area (Å²) in [6, 6.07) is 13.4. The van der Waals surface area contributed by atoms with Crippen LogP contribution in [0.1, 0.15) is 25.3 Å². The molecule has 4 nitrogen and oxygen atoms in total. The number of anilines is 1. The van der Waals surface area contributed by atoms with Gasteiger partial charge in [-0.15, -0.1) is 0 Å². The summed E-state index contributed by atoms with van der Waals surface area (Å²) >= 11 is 6.30. The first kappa shape index (κ1) is 15.6. The summed E-state index contributed by atoms with van der Waals surface area (Å²) in [5.74, 6) is 0.934. The van der Waals surface area contributed by atoms with Crippen molar-refractivity contribution in [3.05, 3.63) is 63.5 Å². The minimum absolute atomic E-state index is 0.351. The summed E-state index contributed by atoms with van der Waals surface area (Å²) in [5.41, 5.74) is 2.25. The molecule has 0 fully saturated rings. The maximum Gasteiger partial charge on any atom is 0.354 e. The van der Waals surface area contributed by atoms with Crippen LogP contribution in [0.15, 0.2) is 47.3 Å². The van der Waals surface area contributed by atoms with Gasteiger partial charge in [-0.3, -0.25) is 4.57 Å². The topological polar surface area (TPSA) is 46.9 Å². The van der Waals surface area contributed by atoms with Gasteiger partial charge in [0.05, 0.1) is 16.2 Å². The standard InChI is InChI=1S/C18H18ClN3O/c1-11(2)12-8-9-13-16(10-12)22(18(23)21-17(13)20-3)15-7-5-4-6-14(15)19/h4-11H,1-3H3,(H,20,21,23). The van der Waals surface area contributed by atoms with Gasteiger partial charge >= 0.3 is 5.69 Å². The minimum Gasteiger partial charge on any atom is -0.372 e. The van der Waals surface area contributed by atoms with Gasteiger partial charge in [0.1, 0.15) is 5.82 Å². The van der Waals surface area contributed by atoms with E-state index in [2.05, 4.69) is 30.2 Å². The molecule has 3 aromatic rings. The lowest BCUT2D eigenvalue weighted by Crippen LogP contribution is -2.23. The average molecular weight is 328 g/mol. The Hall–Kier alpha value is -2.33. The van der Waals surface area contributed by atoms with Crippen LogP contribution in [0.25, 0.3) is 16.6 Å². The van der Waals surface area contributed by atoms with Gasteiger partial charge in [0.25, 0.3) is 0 Å². The molecule has 1 N–H and O–H groups in total. The molecular formula is C18H18ClN3O. The number of benzene rings is 2. The fraction of sp³-hybridized carbons (Fsp3) is 0.222. The van der Waals surface area contributed by atoms with E-state index in [9.17, 15) is 4.79 Å². The zero-order chi connectivity index (χ0) is 16.6. The van der Waals surface area contributed by atoms with E-state index in [1.807, 2.05) is 30.3 Å². The van der Waals surface area contributed by atoms with Crippen molar-refractivity contribution in [3.8, 4) is 5.69 Å². The number of fused-ring (bicyclic) bond motifs is 1. The summed E-state index contributed by atoms with van der Waals surface area (Å²) in [4.78, 5) is 16.7. The molecule has 0 aliphatic rings. The largest absolute Gasteiger partial charge is 0.372 e. The molecule has 0 radical (unpaired) electrons. The highest BCUT2D eigenvalue weighted by molar-refractivity contribution is 6.32. The first-order valence-electron chi connectivity index (χ1n) is 7.52. The molecule has 5 heteroatoms. The highest BCUT2D eigenvalue weighted by Crippen LogP contribution is 2.28. The van der Waals surface area contributed by atoms with Gasteiger partial charge in [0.15, 0.2) is 0 Å². The Morgan fingerprint density at radius 2 is 1.91 bits per heavy atom. The normalized spacial score (nSPS) is 11.2. The summed E-state index contributed by atoms with van der Waals surface area (Å²) < 4.78 is 1.57. The summed E-state index contributed by atoms with van der Waals surface area (Å²) in [6.07, 6.45) is 0. The van der Waals surface area contributed by atoms with Crippen molar-refractivity contribution >= 4 is 28.3 Å². The molecule has 0 amide bonds. The highest BCUT2D eigenvalue weighted by Gasteiger charge is 2.14. The molecule has 0 spiro atoms. The minimum atomic E-state index is -0.351. The van der Waals surface area contributed by atoms with Crippen molar-refractivity contribution in [2.45, 2.75) is 19.8 Å². The molecule has 0 saturated heterocycles. The lowest BCUT2D eigenvalue weighted by Gasteiger charge is -2.15. The smallest absolute Gasteiger partial charge is 0.354 e. The summed E-state index contributed by atoms with van der Waals surface area (Å²) in [5, 5.41) is 4.40. The molecule has 0 saturated carbocycles. The van der Waals surface area contributed by atoms with E-state index in [1.54, 1.807) is 17.7 Å². The zero-order valence-electron chi connectivity index (χ0n) is 13.3. The molecule has 118 valence electrons. The molecule has 0 aliphatic heterocycles. The molecular weight excluding hydrogens is 310 g/mol. The lowest BCUT2D eigenvalue weighted by molar-refractivity contribution is 0.865. The van der Waals surface area contributed by atoms with E-state index in [1.165, 1.54) is 0 Å². The quantitative estimate of drug-likeness (QED) is 0.784. The van der Waals surface area contributed by atoms with E-state index < -0.39 is 0 Å². The number of nitrogens with one attached hydrogen (secondary N) is 1. The predicted octanol–water partition coefficient (Wildman–Crippen LogP) is 4.20. The van der Waals surface area contributed by atoms with Crippen LogP contribution in [0.2, 0.25) is 5.02 Å². The monoisotopic (exact) mass is 327 g/mol. The Balaban J connectivity index is 2.45. The van der Waals surface area contributed by atoms with Crippen molar-refractivity contribution in [2.24, 2.45) is 0 Å². The second-order valence-electron chi connectivity index (χ2n) is 5.71.